The fourth-order valence-electron chi connectivity index (χ4n) is 2.09. The van der Waals surface area contributed by atoms with Gasteiger partial charge in [-0.3, -0.25) is 0 Å². The van der Waals surface area contributed by atoms with E-state index in [4.69, 9.17) is 11.0 Å². The first-order valence-corrected chi connectivity index (χ1v) is 6.56. The van der Waals surface area contributed by atoms with E-state index in [9.17, 15) is 4.79 Å². The van der Waals surface area contributed by atoms with E-state index in [-0.39, 0.29) is 17.0 Å². The van der Waals surface area contributed by atoms with Crippen molar-refractivity contribution in [1.29, 1.82) is 0 Å². The highest BCUT2D eigenvalue weighted by Crippen LogP contribution is 2.21. The molecule has 1 aromatic carbocycles. The number of likely N-dealkylation sites (N-methyl/N-ethyl adjacent to an activating group) is 1. The zero-order valence-corrected chi connectivity index (χ0v) is 11.8. The van der Waals surface area contributed by atoms with Crippen LogP contribution in [0.1, 0.15) is 19.4 Å². The van der Waals surface area contributed by atoms with E-state index < -0.39 is 25.0 Å². The molecule has 0 saturated carbocycles. The Morgan fingerprint density at radius 2 is 2.52 bits per heavy atom. The van der Waals surface area contributed by atoms with Crippen molar-refractivity contribution in [2.45, 2.75) is 18.8 Å². The number of hydrogen-bond donors (Lipinski definition) is 2. The van der Waals surface area contributed by atoms with Gasteiger partial charge in [-0.05, 0) is 50.1 Å². The minimum absolute atomic E-state index is 0.0445. The first-order chi connectivity index (χ1) is 13.3. The van der Waals surface area contributed by atoms with Crippen LogP contribution in [-0.2, 0) is 17.5 Å². The van der Waals surface area contributed by atoms with E-state index in [1.165, 1.54) is 18.2 Å². The third-order valence-electron chi connectivity index (χ3n) is 3.14. The molecule has 2 heterocycles. The number of hydrogen-bond acceptors (Lipinski definition) is 3. The highest BCUT2D eigenvalue weighted by atomic mass is 16.6. The lowest BCUT2D eigenvalue weighted by atomic mass is 10.0. The average molecular weight is 295 g/mol. The van der Waals surface area contributed by atoms with Crippen LogP contribution in [-0.4, -0.2) is 49.2 Å². The van der Waals surface area contributed by atoms with Crippen molar-refractivity contribution in [1.82, 2.24) is 15.2 Å². The van der Waals surface area contributed by atoms with Gasteiger partial charge in [0.1, 0.15) is 6.56 Å². The largest absolute Gasteiger partial charge is 0.447 e. The fourth-order valence-corrected chi connectivity index (χ4v) is 2.09. The maximum Gasteiger partial charge on any atom is 0.407 e. The second-order valence-corrected chi connectivity index (χ2v) is 5.04. The molecule has 3 rings (SSSR count). The van der Waals surface area contributed by atoms with E-state index in [0.717, 1.165) is 4.98 Å². The summed E-state index contributed by atoms with van der Waals surface area (Å²) in [4.78, 5) is 14.5. The number of cyclic esters (lactones) is 1. The Hall–Kier alpha value is -2.01. The highest BCUT2D eigenvalue weighted by molar-refractivity contribution is 5.84. The molecule has 5 heteroatoms. The topological polar surface area (TPSA) is 57.4 Å². The lowest BCUT2D eigenvalue weighted by Gasteiger charge is -2.09. The van der Waals surface area contributed by atoms with Crippen molar-refractivity contribution in [2.24, 2.45) is 0 Å². The normalized spacial score (nSPS) is 30.8. The lowest BCUT2D eigenvalue weighted by molar-refractivity contribution is 0.177. The van der Waals surface area contributed by atoms with Crippen molar-refractivity contribution in [2.75, 3.05) is 27.2 Å². The highest BCUT2D eigenvalue weighted by Gasteiger charge is 2.22. The number of carbonyl (C=O) groups is 1. The SMILES string of the molecule is [2H]c1c(CCN(C)C)c2cc(C([2H])([2H])[C@]3([2H])N([2H])C(=O)OC3([2H])[2H])ccc2n1[2H]. The van der Waals surface area contributed by atoms with Crippen molar-refractivity contribution in [3.63, 3.8) is 0 Å². The lowest BCUT2D eigenvalue weighted by Crippen LogP contribution is -2.28. The van der Waals surface area contributed by atoms with Gasteiger partial charge in [0.05, 0.1) is 11.5 Å². The Kier molecular flexibility index (Phi) is 2.01. The molecule has 0 aliphatic carbocycles. The molecular formula is C16H21N3O2. The second-order valence-electron chi connectivity index (χ2n) is 5.04. The number of aromatic amines is 1. The molecule has 0 radical (unpaired) electrons. The quantitative estimate of drug-likeness (QED) is 0.886. The summed E-state index contributed by atoms with van der Waals surface area (Å²) in [5, 5.41) is 0.301. The van der Waals surface area contributed by atoms with Gasteiger partial charge >= 0.3 is 6.09 Å². The Bertz CT molecular complexity index is 977. The number of benzene rings is 1. The third-order valence-corrected chi connectivity index (χ3v) is 3.14. The van der Waals surface area contributed by atoms with Crippen LogP contribution in [0.15, 0.2) is 24.4 Å². The first-order valence-electron chi connectivity index (χ1n) is 10.5. The molecule has 112 valence electrons. The molecule has 1 fully saturated rings. The van der Waals surface area contributed by atoms with Gasteiger partial charge in [-0.1, -0.05) is 6.07 Å². The fraction of sp³-hybridized carbons (Fsp3) is 0.438. The number of nitrogens with zero attached hydrogens (tertiary/aromatic N) is 1. The number of carbonyl (C=O) groups excluding carboxylic acids is 1. The third kappa shape index (κ3) is 3.19. The molecule has 21 heavy (non-hydrogen) atoms. The summed E-state index contributed by atoms with van der Waals surface area (Å²) in [6, 6.07) is 1.04. The minimum atomic E-state index is -3.07. The summed E-state index contributed by atoms with van der Waals surface area (Å²) < 4.78 is 69.3. The van der Waals surface area contributed by atoms with Crippen LogP contribution in [0.25, 0.3) is 10.9 Å². The molecule has 0 spiro atoms. The van der Waals surface area contributed by atoms with E-state index in [2.05, 4.69) is 4.74 Å². The summed E-state index contributed by atoms with van der Waals surface area (Å²) in [5.74, 6) is 0. The number of aromatic nitrogens is 1. The first kappa shape index (κ1) is 7.31. The van der Waals surface area contributed by atoms with Crippen LogP contribution in [0.5, 0.6) is 0 Å². The predicted molar refractivity (Wildman–Crippen MR) is 82.5 cm³/mol. The number of amides is 1. The van der Waals surface area contributed by atoms with Crippen molar-refractivity contribution >= 4 is 17.0 Å². The van der Waals surface area contributed by atoms with E-state index >= 15 is 0 Å². The van der Waals surface area contributed by atoms with Crippen molar-refractivity contribution < 1.29 is 20.6 Å². The molecule has 1 amide bonds. The maximum absolute atomic E-state index is 11.7. The zero-order chi connectivity index (χ0) is 21.9. The monoisotopic (exact) mass is 295 g/mol. The van der Waals surface area contributed by atoms with Crippen LogP contribution < -0.4 is 5.31 Å². The molecule has 0 unspecified atom stereocenters. The summed E-state index contributed by atoms with van der Waals surface area (Å²) >= 11 is 0. The molecular weight excluding hydrogens is 266 g/mol. The average Bonchev–Trinajstić information content (AvgIpc) is 2.96. The molecule has 5 nitrogen and oxygen atoms in total. The molecule has 1 aromatic heterocycles. The summed E-state index contributed by atoms with van der Waals surface area (Å²) in [5.41, 5.74) is 0.729. The van der Waals surface area contributed by atoms with Crippen molar-refractivity contribution in [3.8, 4) is 0 Å². The van der Waals surface area contributed by atoms with E-state index in [1.54, 1.807) is 0 Å². The molecule has 1 aliphatic rings. The number of alkyl carbamates (subject to hydrolysis) is 1. The molecule has 1 aliphatic heterocycles. The molecule has 2 N–H and O–H groups in total. The second kappa shape index (κ2) is 5.77. The van der Waals surface area contributed by atoms with Crippen LogP contribution in [0.4, 0.5) is 4.79 Å². The van der Waals surface area contributed by atoms with Crippen LogP contribution in [0, 0.1) is 0 Å². The van der Waals surface area contributed by atoms with Gasteiger partial charge in [-0.2, -0.15) is 0 Å². The number of nitrogens with one attached hydrogen (secondary N) is 2. The van der Waals surface area contributed by atoms with Gasteiger partial charge in [-0.25, -0.2) is 4.79 Å². The number of fused-ring (bicyclic) bond motifs is 1. The molecule has 0 bridgehead atoms. The van der Waals surface area contributed by atoms with Crippen LogP contribution in [0.2, 0.25) is 2.82 Å². The number of H-pyrrole nitrogens is 1. The predicted octanol–water partition coefficient (Wildman–Crippen LogP) is 1.92. The van der Waals surface area contributed by atoms with Gasteiger partial charge in [0.25, 0.3) is 0 Å². The van der Waals surface area contributed by atoms with Gasteiger partial charge in [-0.15, -0.1) is 0 Å². The minimum Gasteiger partial charge on any atom is -0.447 e. The summed E-state index contributed by atoms with van der Waals surface area (Å²) in [6.07, 6.45) is -3.90. The summed E-state index contributed by atoms with van der Waals surface area (Å²) in [7, 11) is 3.72. The zero-order valence-electron chi connectivity index (χ0n) is 19.8. The molecule has 2 aromatic rings. The van der Waals surface area contributed by atoms with Gasteiger partial charge in [0.15, 0.2) is 2.82 Å². The van der Waals surface area contributed by atoms with Crippen LogP contribution in [0.3, 0.4) is 0 Å². The summed E-state index contributed by atoms with van der Waals surface area (Å²) in [6.45, 7) is -2.48. The van der Waals surface area contributed by atoms with Gasteiger partial charge < -0.3 is 19.9 Å². The van der Waals surface area contributed by atoms with Gasteiger partial charge in [0, 0.05) is 26.4 Å². The smallest absolute Gasteiger partial charge is 0.407 e. The van der Waals surface area contributed by atoms with E-state index in [0.29, 0.717) is 29.4 Å². The number of ether oxygens (including phenoxy) is 1. The standard InChI is InChI=1S/C16H21N3O2/c1-19(2)6-5-12-9-17-15-4-3-11(8-14(12)15)7-13-10-21-16(20)18-13/h3-4,8-9,13,17H,5-7,10H2,1-2H3,(H,18,20)/t13-/m0/s1/i7D2,9D,10D2,13D/hD2. The van der Waals surface area contributed by atoms with Crippen molar-refractivity contribution in [3.05, 3.63) is 35.5 Å². The van der Waals surface area contributed by atoms with Gasteiger partial charge in [0.2, 0.25) is 0 Å². The Morgan fingerprint density at radius 3 is 3.24 bits per heavy atom. The van der Waals surface area contributed by atoms with E-state index in [1.807, 2.05) is 19.0 Å². The number of rotatable bonds is 5. The Labute approximate surface area is 135 Å². The van der Waals surface area contributed by atoms with Crippen LogP contribution >= 0.6 is 0 Å². The molecule has 1 saturated heterocycles. The maximum atomic E-state index is 11.7. The Morgan fingerprint density at radius 1 is 1.67 bits per heavy atom. The Balaban J connectivity index is 2.17. The molecule has 1 atom stereocenters.